The Morgan fingerprint density at radius 3 is 2.47 bits per heavy atom. The van der Waals surface area contributed by atoms with Gasteiger partial charge in [0.05, 0.1) is 17.1 Å². The molecular formula is C29H28FN5O2S. The van der Waals surface area contributed by atoms with Gasteiger partial charge in [-0.05, 0) is 68.8 Å². The number of fused-ring (bicyclic) bond motifs is 1. The van der Waals surface area contributed by atoms with Gasteiger partial charge in [-0.2, -0.15) is 0 Å². The SMILES string of the molecule is Cc1nc(-c2ccccn2)sc1C(=O)N1C[C@@H]2C(Oc3cc(C(C)(C)N)cc(-c4ccc(F)cc4)n3)[C@@H]2C1. The number of nitrogens with zero attached hydrogens (tertiary/aromatic N) is 4. The molecule has 0 bridgehead atoms. The summed E-state index contributed by atoms with van der Waals surface area (Å²) in [5.41, 5.74) is 9.66. The number of amides is 1. The van der Waals surface area contributed by atoms with E-state index in [4.69, 9.17) is 15.5 Å². The zero-order chi connectivity index (χ0) is 26.6. The van der Waals surface area contributed by atoms with Crippen molar-refractivity contribution in [2.24, 2.45) is 17.6 Å². The highest BCUT2D eigenvalue weighted by Crippen LogP contribution is 2.48. The van der Waals surface area contributed by atoms with Crippen LogP contribution < -0.4 is 10.5 Å². The van der Waals surface area contributed by atoms with Gasteiger partial charge in [0.2, 0.25) is 5.88 Å². The Labute approximate surface area is 224 Å². The number of thiazole rings is 1. The number of piperidine rings is 1. The van der Waals surface area contributed by atoms with Crippen LogP contribution in [0.1, 0.15) is 34.8 Å². The normalized spacial score (nSPS) is 20.3. The summed E-state index contributed by atoms with van der Waals surface area (Å²) in [7, 11) is 0. The van der Waals surface area contributed by atoms with Crippen LogP contribution in [0.25, 0.3) is 22.0 Å². The van der Waals surface area contributed by atoms with E-state index in [-0.39, 0.29) is 29.7 Å². The van der Waals surface area contributed by atoms with E-state index in [1.807, 2.05) is 56.0 Å². The molecule has 194 valence electrons. The van der Waals surface area contributed by atoms with Crippen molar-refractivity contribution in [1.82, 2.24) is 19.9 Å². The maximum atomic E-state index is 13.5. The average Bonchev–Trinajstić information content (AvgIpc) is 3.22. The van der Waals surface area contributed by atoms with Crippen molar-refractivity contribution in [2.75, 3.05) is 13.1 Å². The molecule has 0 spiro atoms. The zero-order valence-corrected chi connectivity index (χ0v) is 22.2. The highest BCUT2D eigenvalue weighted by Gasteiger charge is 2.59. The van der Waals surface area contributed by atoms with Crippen molar-refractivity contribution in [3.8, 4) is 27.8 Å². The molecule has 4 heterocycles. The number of carbonyl (C=O) groups is 1. The number of likely N-dealkylation sites (tertiary alicyclic amines) is 1. The Kier molecular flexibility index (Phi) is 6.00. The van der Waals surface area contributed by atoms with Crippen LogP contribution in [0.5, 0.6) is 5.88 Å². The van der Waals surface area contributed by atoms with Crippen LogP contribution >= 0.6 is 11.3 Å². The first-order valence-electron chi connectivity index (χ1n) is 12.6. The lowest BCUT2D eigenvalue weighted by molar-refractivity contribution is 0.0755. The van der Waals surface area contributed by atoms with Gasteiger partial charge in [-0.25, -0.2) is 14.4 Å². The van der Waals surface area contributed by atoms with Crippen LogP contribution in [0, 0.1) is 24.6 Å². The number of halogens is 1. The van der Waals surface area contributed by atoms with Crippen molar-refractivity contribution in [1.29, 1.82) is 0 Å². The number of aromatic nitrogens is 3. The molecule has 3 atom stereocenters. The van der Waals surface area contributed by atoms with Gasteiger partial charge in [-0.15, -0.1) is 11.3 Å². The van der Waals surface area contributed by atoms with Crippen LogP contribution in [-0.4, -0.2) is 45.0 Å². The van der Waals surface area contributed by atoms with Gasteiger partial charge in [0, 0.05) is 48.3 Å². The number of pyridine rings is 2. The number of benzene rings is 1. The predicted molar refractivity (Wildman–Crippen MR) is 144 cm³/mol. The minimum atomic E-state index is -0.598. The third-order valence-corrected chi connectivity index (χ3v) is 8.39. The fourth-order valence-corrected chi connectivity index (χ4v) is 6.01. The third kappa shape index (κ3) is 4.68. The predicted octanol–water partition coefficient (Wildman–Crippen LogP) is 5.06. The Morgan fingerprint density at radius 2 is 1.82 bits per heavy atom. The van der Waals surface area contributed by atoms with Crippen molar-refractivity contribution in [3.63, 3.8) is 0 Å². The van der Waals surface area contributed by atoms with Gasteiger partial charge in [0.15, 0.2) is 0 Å². The van der Waals surface area contributed by atoms with Gasteiger partial charge < -0.3 is 15.4 Å². The summed E-state index contributed by atoms with van der Waals surface area (Å²) >= 11 is 1.39. The van der Waals surface area contributed by atoms with Gasteiger partial charge in [0.1, 0.15) is 21.8 Å². The van der Waals surface area contributed by atoms with Crippen molar-refractivity contribution >= 4 is 17.2 Å². The lowest BCUT2D eigenvalue weighted by atomic mass is 9.95. The molecule has 2 aliphatic rings. The molecule has 0 radical (unpaired) electrons. The summed E-state index contributed by atoms with van der Waals surface area (Å²) in [4.78, 5) is 29.5. The molecule has 2 fully saturated rings. The zero-order valence-electron chi connectivity index (χ0n) is 21.4. The summed E-state index contributed by atoms with van der Waals surface area (Å²) in [5, 5.41) is 0.753. The van der Waals surface area contributed by atoms with Crippen LogP contribution in [0.15, 0.2) is 60.8 Å². The average molecular weight is 530 g/mol. The minimum Gasteiger partial charge on any atom is -0.474 e. The molecule has 3 aromatic heterocycles. The van der Waals surface area contributed by atoms with E-state index in [0.717, 1.165) is 27.5 Å². The Balaban J connectivity index is 1.16. The van der Waals surface area contributed by atoms with Crippen molar-refractivity contribution in [3.05, 3.63) is 82.7 Å². The van der Waals surface area contributed by atoms with Gasteiger partial charge in [-0.1, -0.05) is 6.07 Å². The standard InChI is InChI=1S/C29H28FN5O2S/c1-16-26(38-27(33-16)22-6-4-5-11-32-22)28(36)35-14-20-21(15-35)25(20)37-24-13-18(29(2,3)31)12-23(34-24)17-7-9-19(30)10-8-17/h4-13,20-21,25H,14-15,31H2,1-3H3/t20-,21+,25?. The molecule has 38 heavy (non-hydrogen) atoms. The molecule has 6 rings (SSSR count). The van der Waals surface area contributed by atoms with Gasteiger partial charge in [-0.3, -0.25) is 9.78 Å². The van der Waals surface area contributed by atoms with Crippen molar-refractivity contribution in [2.45, 2.75) is 32.4 Å². The maximum Gasteiger partial charge on any atom is 0.265 e. The van der Waals surface area contributed by atoms with E-state index in [9.17, 15) is 9.18 Å². The number of nitrogens with two attached hydrogens (primary N) is 1. The molecule has 1 aliphatic carbocycles. The van der Waals surface area contributed by atoms with Crippen LogP contribution in [-0.2, 0) is 5.54 Å². The summed E-state index contributed by atoms with van der Waals surface area (Å²) in [6.45, 7) is 7.00. The van der Waals surface area contributed by atoms with E-state index in [0.29, 0.717) is 29.5 Å². The molecule has 1 saturated carbocycles. The van der Waals surface area contributed by atoms with Crippen LogP contribution in [0.3, 0.4) is 0 Å². The first kappa shape index (κ1) is 24.6. The summed E-state index contributed by atoms with van der Waals surface area (Å²) < 4.78 is 19.8. The molecule has 4 aromatic rings. The Bertz CT molecular complexity index is 1490. The van der Waals surface area contributed by atoms with E-state index in [1.54, 1.807) is 18.3 Å². The molecule has 1 unspecified atom stereocenters. The van der Waals surface area contributed by atoms with Crippen LogP contribution in [0.4, 0.5) is 4.39 Å². The molecule has 1 aliphatic heterocycles. The quantitative estimate of drug-likeness (QED) is 0.375. The molecule has 9 heteroatoms. The number of carbonyl (C=O) groups excluding carboxylic acids is 1. The maximum absolute atomic E-state index is 13.5. The first-order valence-corrected chi connectivity index (χ1v) is 13.4. The van der Waals surface area contributed by atoms with E-state index >= 15 is 0 Å². The Hall–Kier alpha value is -3.69. The summed E-state index contributed by atoms with van der Waals surface area (Å²) in [6, 6.07) is 15.7. The van der Waals surface area contributed by atoms with Gasteiger partial charge in [0.25, 0.3) is 5.91 Å². The first-order chi connectivity index (χ1) is 18.2. The second-order valence-electron chi connectivity index (χ2n) is 10.6. The minimum absolute atomic E-state index is 0.00427. The second kappa shape index (κ2) is 9.25. The van der Waals surface area contributed by atoms with Crippen molar-refractivity contribution < 1.29 is 13.9 Å². The number of hydrogen-bond donors (Lipinski definition) is 1. The number of ether oxygens (including phenoxy) is 1. The highest BCUT2D eigenvalue weighted by atomic mass is 32.1. The molecule has 1 amide bonds. The lowest BCUT2D eigenvalue weighted by Gasteiger charge is -2.22. The van der Waals surface area contributed by atoms with E-state index in [2.05, 4.69) is 9.97 Å². The summed E-state index contributed by atoms with van der Waals surface area (Å²) in [5.74, 6) is 0.723. The molecular weight excluding hydrogens is 501 g/mol. The largest absolute Gasteiger partial charge is 0.474 e. The highest BCUT2D eigenvalue weighted by molar-refractivity contribution is 7.17. The third-order valence-electron chi connectivity index (χ3n) is 7.22. The number of rotatable bonds is 6. The fourth-order valence-electron chi connectivity index (χ4n) is 5.00. The molecule has 7 nitrogen and oxygen atoms in total. The molecule has 1 aromatic carbocycles. The number of aryl methyl sites for hydroxylation is 1. The Morgan fingerprint density at radius 1 is 1.08 bits per heavy atom. The monoisotopic (exact) mass is 529 g/mol. The van der Waals surface area contributed by atoms with Crippen LogP contribution in [0.2, 0.25) is 0 Å². The van der Waals surface area contributed by atoms with E-state index in [1.165, 1.54) is 23.5 Å². The molecule has 2 N–H and O–H groups in total. The second-order valence-corrected chi connectivity index (χ2v) is 11.6. The topological polar surface area (TPSA) is 94.2 Å². The number of hydrogen-bond acceptors (Lipinski definition) is 7. The lowest BCUT2D eigenvalue weighted by Crippen LogP contribution is -2.33. The smallest absolute Gasteiger partial charge is 0.265 e. The summed E-state index contributed by atoms with van der Waals surface area (Å²) in [6.07, 6.45) is 1.72. The molecule has 1 saturated heterocycles. The fraction of sp³-hybridized carbons (Fsp3) is 0.310. The van der Waals surface area contributed by atoms with E-state index < -0.39 is 5.54 Å². The van der Waals surface area contributed by atoms with Gasteiger partial charge >= 0.3 is 0 Å².